The molecule has 2 aromatic carbocycles. The van der Waals surface area contributed by atoms with Crippen LogP contribution in [-0.4, -0.2) is 49.5 Å². The number of hydrazine groups is 1. The third kappa shape index (κ3) is 5.92. The Morgan fingerprint density at radius 3 is 2.44 bits per heavy atom. The molecule has 0 spiro atoms. The molecule has 1 aliphatic heterocycles. The summed E-state index contributed by atoms with van der Waals surface area (Å²) in [7, 11) is -2.19. The molecule has 0 aliphatic carbocycles. The lowest BCUT2D eigenvalue weighted by molar-refractivity contribution is 0.181. The van der Waals surface area contributed by atoms with E-state index in [1.165, 1.54) is 16.8 Å². The van der Waals surface area contributed by atoms with E-state index in [1.807, 2.05) is 42.5 Å². The number of ether oxygens (including phenoxy) is 1. The number of aryl methyl sites for hydroxylation is 1. The molecule has 3 aromatic rings. The van der Waals surface area contributed by atoms with E-state index in [-0.39, 0.29) is 24.4 Å². The van der Waals surface area contributed by atoms with Gasteiger partial charge in [-0.1, -0.05) is 48.5 Å². The summed E-state index contributed by atoms with van der Waals surface area (Å²) in [5.41, 5.74) is 2.67. The molecule has 0 radical (unpaired) electrons. The van der Waals surface area contributed by atoms with E-state index >= 15 is 0 Å². The van der Waals surface area contributed by atoms with Crippen molar-refractivity contribution in [3.8, 4) is 5.75 Å². The Kier molecular flexibility index (Phi) is 7.44. The van der Waals surface area contributed by atoms with Gasteiger partial charge < -0.3 is 9.64 Å². The average molecular weight is 481 g/mol. The number of hydrogen-bond acceptors (Lipinski definition) is 5. The maximum atomic E-state index is 13.3. The molecule has 178 valence electrons. The number of pyridine rings is 1. The van der Waals surface area contributed by atoms with Gasteiger partial charge in [0.1, 0.15) is 5.75 Å². The van der Waals surface area contributed by atoms with Crippen LogP contribution in [-0.2, 0) is 22.2 Å². The van der Waals surface area contributed by atoms with Crippen molar-refractivity contribution < 1.29 is 17.9 Å². The molecule has 4 rings (SSSR count). The van der Waals surface area contributed by atoms with Gasteiger partial charge in [-0.25, -0.2) is 18.2 Å². The van der Waals surface area contributed by atoms with Gasteiger partial charge in [-0.05, 0) is 47.7 Å². The first-order valence-corrected chi connectivity index (χ1v) is 12.8. The maximum absolute atomic E-state index is 13.3. The van der Waals surface area contributed by atoms with Crippen LogP contribution in [0.2, 0.25) is 0 Å². The Bertz CT molecular complexity index is 1190. The zero-order chi connectivity index (χ0) is 24.0. The first kappa shape index (κ1) is 23.7. The van der Waals surface area contributed by atoms with Gasteiger partial charge in [-0.3, -0.25) is 4.98 Å². The summed E-state index contributed by atoms with van der Waals surface area (Å²) < 4.78 is 30.8. The van der Waals surface area contributed by atoms with Crippen molar-refractivity contribution in [2.24, 2.45) is 0 Å². The van der Waals surface area contributed by atoms with Crippen LogP contribution in [0, 0.1) is 0 Å². The van der Waals surface area contributed by atoms with Crippen molar-refractivity contribution >= 4 is 16.1 Å². The number of urea groups is 1. The molecular formula is C25H28N4O4S. The molecular weight excluding hydrogens is 452 g/mol. The summed E-state index contributed by atoms with van der Waals surface area (Å²) in [6.45, 7) is 0.716. The first-order chi connectivity index (χ1) is 16.4. The Hall–Kier alpha value is -3.43. The SMILES string of the molecule is COc1ccc(C2CN(NS(=O)(=O)Cc3cccnc3)C(=O)N2CCCc2ccccc2)cc1. The van der Waals surface area contributed by atoms with E-state index in [2.05, 4.69) is 21.9 Å². The molecule has 2 heterocycles. The van der Waals surface area contributed by atoms with Crippen molar-refractivity contribution in [3.63, 3.8) is 0 Å². The molecule has 9 heteroatoms. The van der Waals surface area contributed by atoms with Crippen LogP contribution in [0.15, 0.2) is 79.1 Å². The van der Waals surface area contributed by atoms with Crippen LogP contribution in [0.3, 0.4) is 0 Å². The number of nitrogens with zero attached hydrogens (tertiary/aromatic N) is 3. The van der Waals surface area contributed by atoms with Crippen molar-refractivity contribution in [2.75, 3.05) is 20.2 Å². The van der Waals surface area contributed by atoms with Crippen LogP contribution >= 0.6 is 0 Å². The minimum atomic E-state index is -3.79. The third-order valence-electron chi connectivity index (χ3n) is 5.74. The van der Waals surface area contributed by atoms with Crippen molar-refractivity contribution in [1.82, 2.24) is 19.7 Å². The monoisotopic (exact) mass is 480 g/mol. The highest BCUT2D eigenvalue weighted by molar-refractivity contribution is 7.88. The second-order valence-electron chi connectivity index (χ2n) is 8.18. The highest BCUT2D eigenvalue weighted by Crippen LogP contribution is 2.30. The predicted molar refractivity (Wildman–Crippen MR) is 129 cm³/mol. The third-order valence-corrected chi connectivity index (χ3v) is 6.96. The summed E-state index contributed by atoms with van der Waals surface area (Å²) in [5.74, 6) is 0.462. The number of benzene rings is 2. The molecule has 0 bridgehead atoms. The van der Waals surface area contributed by atoms with Crippen LogP contribution < -0.4 is 9.57 Å². The molecule has 1 N–H and O–H groups in total. The molecule has 8 nitrogen and oxygen atoms in total. The predicted octanol–water partition coefficient (Wildman–Crippen LogP) is 3.54. The highest BCUT2D eigenvalue weighted by Gasteiger charge is 2.39. The highest BCUT2D eigenvalue weighted by atomic mass is 32.2. The van der Waals surface area contributed by atoms with Gasteiger partial charge in [0.05, 0.1) is 25.4 Å². The smallest absolute Gasteiger partial charge is 0.335 e. The number of aromatic nitrogens is 1. The van der Waals surface area contributed by atoms with Gasteiger partial charge in [0.15, 0.2) is 0 Å². The van der Waals surface area contributed by atoms with E-state index in [9.17, 15) is 13.2 Å². The molecule has 1 aliphatic rings. The lowest BCUT2D eigenvalue weighted by Crippen LogP contribution is -2.45. The Balaban J connectivity index is 1.49. The van der Waals surface area contributed by atoms with Crippen LogP contribution in [0.1, 0.15) is 29.2 Å². The first-order valence-electron chi connectivity index (χ1n) is 11.1. The summed E-state index contributed by atoms with van der Waals surface area (Å²) in [6.07, 6.45) is 4.67. The van der Waals surface area contributed by atoms with Gasteiger partial charge in [0, 0.05) is 18.9 Å². The molecule has 0 saturated carbocycles. The second kappa shape index (κ2) is 10.7. The average Bonchev–Trinajstić information content (AvgIpc) is 3.14. The summed E-state index contributed by atoms with van der Waals surface area (Å²) >= 11 is 0. The molecule has 2 amide bonds. The minimum Gasteiger partial charge on any atom is -0.497 e. The van der Waals surface area contributed by atoms with Gasteiger partial charge >= 0.3 is 6.03 Å². The molecule has 1 aromatic heterocycles. The lowest BCUT2D eigenvalue weighted by Gasteiger charge is -2.23. The number of hydrogen-bond donors (Lipinski definition) is 1. The van der Waals surface area contributed by atoms with Crippen LogP contribution in [0.4, 0.5) is 4.79 Å². The number of carbonyl (C=O) groups excluding carboxylic acids is 1. The van der Waals surface area contributed by atoms with Crippen molar-refractivity contribution in [3.05, 3.63) is 95.8 Å². The fourth-order valence-corrected chi connectivity index (χ4v) is 5.24. The van der Waals surface area contributed by atoms with E-state index in [0.717, 1.165) is 24.2 Å². The van der Waals surface area contributed by atoms with Gasteiger partial charge in [-0.15, -0.1) is 4.83 Å². The molecule has 34 heavy (non-hydrogen) atoms. The normalized spacial score (nSPS) is 16.1. The zero-order valence-electron chi connectivity index (χ0n) is 19.0. The fraction of sp³-hybridized carbons (Fsp3) is 0.280. The van der Waals surface area contributed by atoms with Gasteiger partial charge in [0.2, 0.25) is 10.0 Å². The van der Waals surface area contributed by atoms with E-state index in [0.29, 0.717) is 12.1 Å². The van der Waals surface area contributed by atoms with Crippen molar-refractivity contribution in [2.45, 2.75) is 24.6 Å². The standard InChI is InChI=1S/C25H28N4O4S/c1-33-23-13-11-22(12-14-23)24-18-29(27-34(31,32)19-21-9-5-15-26-17-21)25(30)28(24)16-6-10-20-7-3-2-4-8-20/h2-5,7-9,11-15,17,24,27H,6,10,16,18-19H2,1H3. The van der Waals surface area contributed by atoms with E-state index in [4.69, 9.17) is 4.74 Å². The molecule has 1 saturated heterocycles. The summed E-state index contributed by atoms with van der Waals surface area (Å²) in [6, 6.07) is 20.3. The Morgan fingerprint density at radius 2 is 1.76 bits per heavy atom. The van der Waals surface area contributed by atoms with E-state index < -0.39 is 10.0 Å². The minimum absolute atomic E-state index is 0.211. The van der Waals surface area contributed by atoms with Gasteiger partial charge in [0.25, 0.3) is 0 Å². The molecule has 1 atom stereocenters. The van der Waals surface area contributed by atoms with Crippen LogP contribution in [0.5, 0.6) is 5.75 Å². The lowest BCUT2D eigenvalue weighted by atomic mass is 10.1. The fourth-order valence-electron chi connectivity index (χ4n) is 4.08. The number of rotatable bonds is 10. The summed E-state index contributed by atoms with van der Waals surface area (Å²) in [4.78, 5) is 21.4. The quantitative estimate of drug-likeness (QED) is 0.479. The maximum Gasteiger partial charge on any atom is 0.335 e. The molecule has 1 fully saturated rings. The molecule has 1 unspecified atom stereocenters. The summed E-state index contributed by atoms with van der Waals surface area (Å²) in [5, 5.41) is 1.20. The largest absolute Gasteiger partial charge is 0.497 e. The zero-order valence-corrected chi connectivity index (χ0v) is 19.8. The number of carbonyl (C=O) groups is 1. The van der Waals surface area contributed by atoms with Crippen molar-refractivity contribution in [1.29, 1.82) is 0 Å². The van der Waals surface area contributed by atoms with Gasteiger partial charge in [-0.2, -0.15) is 0 Å². The number of sulfonamides is 1. The second-order valence-corrected chi connectivity index (χ2v) is 9.88. The topological polar surface area (TPSA) is 91.8 Å². The number of methoxy groups -OCH3 is 1. The van der Waals surface area contributed by atoms with Crippen LogP contribution in [0.25, 0.3) is 0 Å². The number of amides is 2. The van der Waals surface area contributed by atoms with E-state index in [1.54, 1.807) is 30.3 Å². The Labute approximate surface area is 200 Å². The number of nitrogens with one attached hydrogen (secondary N) is 1. The Morgan fingerprint density at radius 1 is 1.03 bits per heavy atom.